The minimum Gasteiger partial charge on any atom is -0.394 e. The summed E-state index contributed by atoms with van der Waals surface area (Å²) in [4.78, 5) is 10.3. The van der Waals surface area contributed by atoms with Gasteiger partial charge in [0.2, 0.25) is 0 Å². The lowest BCUT2D eigenvalue weighted by Crippen LogP contribution is -2.48. The van der Waals surface area contributed by atoms with Crippen LogP contribution in [0.5, 0.6) is 0 Å². The van der Waals surface area contributed by atoms with E-state index in [-0.39, 0.29) is 18.8 Å². The Balaban J connectivity index is 2.14. The molecule has 1 fully saturated rings. The number of halogens is 1. The molecule has 2 unspecified atom stereocenters. The molecule has 1 N–H and O–H groups in total. The number of aromatic nitrogens is 2. The van der Waals surface area contributed by atoms with Gasteiger partial charge in [-0.25, -0.2) is 9.97 Å². The number of rotatable bonds is 2. The predicted molar refractivity (Wildman–Crippen MR) is 63.4 cm³/mol. The Morgan fingerprint density at radius 2 is 2.38 bits per heavy atom. The Hall–Kier alpha value is -0.720. The quantitative estimate of drug-likeness (QED) is 0.817. The van der Waals surface area contributed by atoms with Crippen molar-refractivity contribution in [2.75, 3.05) is 24.6 Å². The number of morpholine rings is 1. The highest BCUT2D eigenvalue weighted by Crippen LogP contribution is 2.19. The first-order chi connectivity index (χ1) is 7.69. The molecule has 1 aromatic rings. The molecule has 0 aromatic carbocycles. The van der Waals surface area contributed by atoms with Gasteiger partial charge in [-0.3, -0.25) is 0 Å². The van der Waals surface area contributed by atoms with Gasteiger partial charge in [-0.1, -0.05) is 0 Å². The normalized spacial score (nSPS) is 25.8. The average Bonchev–Trinajstić information content (AvgIpc) is 2.28. The maximum atomic E-state index is 9.13. The highest BCUT2D eigenvalue weighted by atomic mass is 79.9. The molecule has 5 nitrogen and oxygen atoms in total. The number of aliphatic hydroxyl groups excluding tert-OH is 1. The van der Waals surface area contributed by atoms with Gasteiger partial charge in [0.05, 0.1) is 18.8 Å². The lowest BCUT2D eigenvalue weighted by Gasteiger charge is -2.36. The van der Waals surface area contributed by atoms with Gasteiger partial charge < -0.3 is 14.7 Å². The second-order valence-electron chi connectivity index (χ2n) is 3.86. The van der Waals surface area contributed by atoms with Crippen molar-refractivity contribution in [3.8, 4) is 0 Å². The Kier molecular flexibility index (Phi) is 3.73. The zero-order valence-electron chi connectivity index (χ0n) is 9.01. The molecule has 2 rings (SSSR count). The molecular formula is C10H14BrN3O2. The van der Waals surface area contributed by atoms with Crippen molar-refractivity contribution in [1.82, 2.24) is 9.97 Å². The third-order valence-corrected chi connectivity index (χ3v) is 2.91. The fraction of sp³-hybridized carbons (Fsp3) is 0.600. The van der Waals surface area contributed by atoms with E-state index < -0.39 is 0 Å². The van der Waals surface area contributed by atoms with Crippen LogP contribution in [0.1, 0.15) is 6.92 Å². The van der Waals surface area contributed by atoms with Crippen molar-refractivity contribution in [3.63, 3.8) is 0 Å². The van der Waals surface area contributed by atoms with E-state index >= 15 is 0 Å². The minimum absolute atomic E-state index is 0.0348. The Morgan fingerprint density at radius 1 is 1.56 bits per heavy atom. The van der Waals surface area contributed by atoms with Gasteiger partial charge in [0.25, 0.3) is 0 Å². The maximum absolute atomic E-state index is 9.13. The Labute approximate surface area is 103 Å². The molecule has 16 heavy (non-hydrogen) atoms. The summed E-state index contributed by atoms with van der Waals surface area (Å²) in [7, 11) is 0. The van der Waals surface area contributed by atoms with Crippen molar-refractivity contribution < 1.29 is 9.84 Å². The van der Waals surface area contributed by atoms with Gasteiger partial charge in [0.15, 0.2) is 0 Å². The summed E-state index contributed by atoms with van der Waals surface area (Å²) in [5.74, 6) is 0.857. The molecule has 6 heteroatoms. The van der Waals surface area contributed by atoms with Gasteiger partial charge in [-0.2, -0.15) is 0 Å². The molecule has 2 atom stereocenters. The third-order valence-electron chi connectivity index (χ3n) is 2.47. The predicted octanol–water partition coefficient (Wildman–Crippen LogP) is 0.825. The summed E-state index contributed by atoms with van der Waals surface area (Å²) in [5.41, 5.74) is 0. The molecule has 1 aromatic heterocycles. The molecule has 1 aliphatic rings. The van der Waals surface area contributed by atoms with E-state index in [0.29, 0.717) is 6.54 Å². The first kappa shape index (κ1) is 11.8. The van der Waals surface area contributed by atoms with E-state index in [1.807, 2.05) is 13.0 Å². The van der Waals surface area contributed by atoms with Crippen LogP contribution in [-0.4, -0.2) is 47.0 Å². The minimum atomic E-state index is -0.141. The van der Waals surface area contributed by atoms with Crippen molar-refractivity contribution in [1.29, 1.82) is 0 Å². The Morgan fingerprint density at radius 3 is 3.06 bits per heavy atom. The van der Waals surface area contributed by atoms with Crippen LogP contribution in [0, 0.1) is 0 Å². The van der Waals surface area contributed by atoms with Crippen LogP contribution in [-0.2, 0) is 4.74 Å². The van der Waals surface area contributed by atoms with E-state index in [0.717, 1.165) is 17.0 Å². The molecule has 0 bridgehead atoms. The standard InChI is InChI=1S/C10H14BrN3O2/c1-7-3-14(4-8(5-15)16-7)10-2-9(11)12-6-13-10/h2,6-8,15H,3-5H2,1H3. The monoisotopic (exact) mass is 287 g/mol. The van der Waals surface area contributed by atoms with Crippen molar-refractivity contribution in [2.45, 2.75) is 19.1 Å². The smallest absolute Gasteiger partial charge is 0.133 e. The first-order valence-corrected chi connectivity index (χ1v) is 5.97. The molecule has 0 spiro atoms. The van der Waals surface area contributed by atoms with Crippen LogP contribution < -0.4 is 4.90 Å². The average molecular weight is 288 g/mol. The first-order valence-electron chi connectivity index (χ1n) is 5.18. The Bertz CT molecular complexity index is 364. The van der Waals surface area contributed by atoms with Crippen LogP contribution in [0.4, 0.5) is 5.82 Å². The number of ether oxygens (including phenoxy) is 1. The van der Waals surface area contributed by atoms with Gasteiger partial charge in [0, 0.05) is 19.2 Å². The van der Waals surface area contributed by atoms with Crippen LogP contribution in [0.3, 0.4) is 0 Å². The maximum Gasteiger partial charge on any atom is 0.133 e. The second-order valence-corrected chi connectivity index (χ2v) is 4.67. The SMILES string of the molecule is CC1CN(c2cc(Br)ncn2)CC(CO)O1. The van der Waals surface area contributed by atoms with Gasteiger partial charge in [-0.15, -0.1) is 0 Å². The number of anilines is 1. The van der Waals surface area contributed by atoms with Gasteiger partial charge >= 0.3 is 0 Å². The molecule has 2 heterocycles. The molecular weight excluding hydrogens is 274 g/mol. The molecule has 0 amide bonds. The molecule has 1 saturated heterocycles. The van der Waals surface area contributed by atoms with Crippen molar-refractivity contribution in [2.24, 2.45) is 0 Å². The topological polar surface area (TPSA) is 58.5 Å². The molecule has 0 radical (unpaired) electrons. The summed E-state index contributed by atoms with van der Waals surface area (Å²) < 4.78 is 6.33. The fourth-order valence-corrected chi connectivity index (χ4v) is 2.13. The van der Waals surface area contributed by atoms with Crippen molar-refractivity contribution >= 4 is 21.7 Å². The zero-order chi connectivity index (χ0) is 11.5. The third kappa shape index (κ3) is 2.69. The summed E-state index contributed by atoms with van der Waals surface area (Å²) in [5, 5.41) is 9.13. The van der Waals surface area contributed by atoms with E-state index in [1.165, 1.54) is 6.33 Å². The van der Waals surface area contributed by atoms with Crippen LogP contribution in [0.2, 0.25) is 0 Å². The summed E-state index contributed by atoms with van der Waals surface area (Å²) in [6.07, 6.45) is 1.48. The lowest BCUT2D eigenvalue weighted by atomic mass is 10.2. The molecule has 0 saturated carbocycles. The lowest BCUT2D eigenvalue weighted by molar-refractivity contribution is -0.0423. The second kappa shape index (κ2) is 5.07. The van der Waals surface area contributed by atoms with Crippen molar-refractivity contribution in [3.05, 3.63) is 17.0 Å². The number of hydrogen-bond acceptors (Lipinski definition) is 5. The van der Waals surface area contributed by atoms with Gasteiger partial charge in [-0.05, 0) is 22.9 Å². The van der Waals surface area contributed by atoms with Gasteiger partial charge in [0.1, 0.15) is 16.7 Å². The largest absolute Gasteiger partial charge is 0.394 e. The van der Waals surface area contributed by atoms with Crippen LogP contribution in [0.25, 0.3) is 0 Å². The number of aliphatic hydroxyl groups is 1. The highest BCUT2D eigenvalue weighted by Gasteiger charge is 2.25. The summed E-state index contributed by atoms with van der Waals surface area (Å²) >= 11 is 3.32. The summed E-state index contributed by atoms with van der Waals surface area (Å²) in [6, 6.07) is 1.87. The summed E-state index contributed by atoms with van der Waals surface area (Å²) in [6.45, 7) is 3.46. The van der Waals surface area contributed by atoms with E-state index in [4.69, 9.17) is 9.84 Å². The van der Waals surface area contributed by atoms with E-state index in [1.54, 1.807) is 0 Å². The highest BCUT2D eigenvalue weighted by molar-refractivity contribution is 9.10. The fourth-order valence-electron chi connectivity index (χ4n) is 1.83. The van der Waals surface area contributed by atoms with Crippen LogP contribution >= 0.6 is 15.9 Å². The molecule has 88 valence electrons. The van der Waals surface area contributed by atoms with Crippen LogP contribution in [0.15, 0.2) is 17.0 Å². The molecule has 1 aliphatic heterocycles. The zero-order valence-corrected chi connectivity index (χ0v) is 10.6. The van der Waals surface area contributed by atoms with E-state index in [2.05, 4.69) is 30.8 Å². The van der Waals surface area contributed by atoms with E-state index in [9.17, 15) is 0 Å². The molecule has 0 aliphatic carbocycles. The number of nitrogens with zero attached hydrogens (tertiary/aromatic N) is 3. The number of hydrogen-bond donors (Lipinski definition) is 1.